The van der Waals surface area contributed by atoms with E-state index < -0.39 is 5.97 Å². The van der Waals surface area contributed by atoms with Crippen LogP contribution < -0.4 is 0 Å². The normalized spacial score (nSPS) is 13.6. The van der Waals surface area contributed by atoms with E-state index in [4.69, 9.17) is 10.2 Å². The highest BCUT2D eigenvalue weighted by molar-refractivity contribution is 5.68. The Labute approximate surface area is 66.4 Å². The molecule has 0 aliphatic heterocycles. The lowest BCUT2D eigenvalue weighted by Gasteiger charge is -1.97. The smallest absolute Gasteiger partial charge is 0.307 e. The minimum Gasteiger partial charge on any atom is -0.481 e. The van der Waals surface area contributed by atoms with Crippen molar-refractivity contribution in [3.8, 4) is 0 Å². The third-order valence-electron chi connectivity index (χ3n) is 1.21. The van der Waals surface area contributed by atoms with Crippen molar-refractivity contribution in [2.45, 2.75) is 32.3 Å². The lowest BCUT2D eigenvalue weighted by Crippen LogP contribution is -1.97. The van der Waals surface area contributed by atoms with Gasteiger partial charge in [-0.3, -0.25) is 4.79 Å². The summed E-state index contributed by atoms with van der Waals surface area (Å²) in [4.78, 5) is 10.00. The first-order valence-electron chi connectivity index (χ1n) is 3.67. The first-order valence-corrected chi connectivity index (χ1v) is 3.67. The average Bonchev–Trinajstić information content (AvgIpc) is 1.85. The third-order valence-corrected chi connectivity index (χ3v) is 1.21. The van der Waals surface area contributed by atoms with Crippen molar-refractivity contribution < 1.29 is 15.0 Å². The molecule has 0 amide bonds. The maximum Gasteiger partial charge on any atom is 0.307 e. The molecular weight excluding hydrogens is 144 g/mol. The number of hydrogen-bond acceptors (Lipinski definition) is 2. The van der Waals surface area contributed by atoms with Crippen LogP contribution in [0.15, 0.2) is 12.2 Å². The van der Waals surface area contributed by atoms with E-state index in [0.717, 1.165) is 6.42 Å². The van der Waals surface area contributed by atoms with Crippen molar-refractivity contribution in [1.82, 2.24) is 0 Å². The van der Waals surface area contributed by atoms with Gasteiger partial charge in [0, 0.05) is 0 Å². The summed E-state index contributed by atoms with van der Waals surface area (Å²) in [5.41, 5.74) is 0. The highest BCUT2D eigenvalue weighted by Crippen LogP contribution is 1.97. The SMILES string of the molecule is C[C@H](O)CC/C=C/CC(=O)O. The minimum atomic E-state index is -0.821. The van der Waals surface area contributed by atoms with Crippen LogP contribution in [0.2, 0.25) is 0 Å². The van der Waals surface area contributed by atoms with Crippen LogP contribution in [0.3, 0.4) is 0 Å². The Hall–Kier alpha value is -0.830. The van der Waals surface area contributed by atoms with Gasteiger partial charge in [0.05, 0.1) is 12.5 Å². The number of carboxylic acids is 1. The minimum absolute atomic E-state index is 0.0693. The molecule has 0 aromatic heterocycles. The quantitative estimate of drug-likeness (QED) is 0.590. The average molecular weight is 158 g/mol. The number of carbonyl (C=O) groups is 1. The van der Waals surface area contributed by atoms with Crippen molar-refractivity contribution in [3.63, 3.8) is 0 Å². The summed E-state index contributed by atoms with van der Waals surface area (Å²) in [6.07, 6.45) is 4.58. The van der Waals surface area contributed by atoms with Gasteiger partial charge in [0.25, 0.3) is 0 Å². The predicted octanol–water partition coefficient (Wildman–Crippen LogP) is 1.18. The van der Waals surface area contributed by atoms with Crippen molar-refractivity contribution in [3.05, 3.63) is 12.2 Å². The topological polar surface area (TPSA) is 57.5 Å². The second-order valence-electron chi connectivity index (χ2n) is 2.50. The highest BCUT2D eigenvalue weighted by atomic mass is 16.4. The molecule has 64 valence electrons. The Morgan fingerprint density at radius 3 is 2.64 bits per heavy atom. The van der Waals surface area contributed by atoms with Gasteiger partial charge >= 0.3 is 5.97 Å². The van der Waals surface area contributed by atoms with Gasteiger partial charge in [0.15, 0.2) is 0 Å². The van der Waals surface area contributed by atoms with Gasteiger partial charge in [-0.05, 0) is 19.8 Å². The van der Waals surface area contributed by atoms with Crippen LogP contribution in [-0.4, -0.2) is 22.3 Å². The molecular formula is C8H14O3. The number of aliphatic hydroxyl groups is 1. The van der Waals surface area contributed by atoms with Crippen molar-refractivity contribution >= 4 is 5.97 Å². The molecule has 0 aromatic carbocycles. The zero-order chi connectivity index (χ0) is 8.69. The first kappa shape index (κ1) is 10.2. The van der Waals surface area contributed by atoms with Crippen LogP contribution >= 0.6 is 0 Å². The molecule has 0 heterocycles. The Bertz CT molecular complexity index is 138. The Morgan fingerprint density at radius 1 is 1.55 bits per heavy atom. The number of aliphatic hydroxyl groups excluding tert-OH is 1. The Kier molecular flexibility index (Phi) is 5.47. The van der Waals surface area contributed by atoms with Gasteiger partial charge in [0.2, 0.25) is 0 Å². The molecule has 11 heavy (non-hydrogen) atoms. The standard InChI is InChI=1S/C8H14O3/c1-7(9)5-3-2-4-6-8(10)11/h2,4,7,9H,3,5-6H2,1H3,(H,10,11)/b4-2+/t7-/m0/s1. The molecule has 2 N–H and O–H groups in total. The Balaban J connectivity index is 3.23. The van der Waals surface area contributed by atoms with E-state index in [9.17, 15) is 4.79 Å². The number of rotatable bonds is 5. The van der Waals surface area contributed by atoms with Crippen LogP contribution in [0.4, 0.5) is 0 Å². The van der Waals surface area contributed by atoms with Crippen molar-refractivity contribution in [2.75, 3.05) is 0 Å². The first-order chi connectivity index (χ1) is 5.13. The van der Waals surface area contributed by atoms with E-state index in [0.29, 0.717) is 6.42 Å². The van der Waals surface area contributed by atoms with E-state index >= 15 is 0 Å². The van der Waals surface area contributed by atoms with Gasteiger partial charge in [-0.25, -0.2) is 0 Å². The van der Waals surface area contributed by atoms with E-state index in [1.807, 2.05) is 0 Å². The highest BCUT2D eigenvalue weighted by Gasteiger charge is 1.92. The van der Waals surface area contributed by atoms with Crippen molar-refractivity contribution in [1.29, 1.82) is 0 Å². The molecule has 1 atom stereocenters. The molecule has 3 heteroatoms. The molecule has 0 unspecified atom stereocenters. The van der Waals surface area contributed by atoms with Gasteiger partial charge in [-0.15, -0.1) is 0 Å². The van der Waals surface area contributed by atoms with Gasteiger partial charge in [0.1, 0.15) is 0 Å². The summed E-state index contributed by atoms with van der Waals surface area (Å²) >= 11 is 0. The molecule has 0 bridgehead atoms. The van der Waals surface area contributed by atoms with Gasteiger partial charge in [-0.1, -0.05) is 12.2 Å². The lowest BCUT2D eigenvalue weighted by atomic mass is 10.2. The fourth-order valence-corrected chi connectivity index (χ4v) is 0.639. The zero-order valence-electron chi connectivity index (χ0n) is 6.66. The second-order valence-corrected chi connectivity index (χ2v) is 2.50. The molecule has 0 saturated carbocycles. The summed E-state index contributed by atoms with van der Waals surface area (Å²) in [5, 5.41) is 17.0. The lowest BCUT2D eigenvalue weighted by molar-refractivity contribution is -0.136. The number of carboxylic acid groups (broad SMARTS) is 1. The molecule has 0 aliphatic carbocycles. The molecule has 0 radical (unpaired) electrons. The summed E-state index contributed by atoms with van der Waals surface area (Å²) < 4.78 is 0. The van der Waals surface area contributed by atoms with Crippen LogP contribution in [0.1, 0.15) is 26.2 Å². The summed E-state index contributed by atoms with van der Waals surface area (Å²) in [6.45, 7) is 1.71. The monoisotopic (exact) mass is 158 g/mol. The molecule has 0 rings (SSSR count). The number of aliphatic carboxylic acids is 1. The molecule has 0 aromatic rings. The molecule has 0 saturated heterocycles. The van der Waals surface area contributed by atoms with E-state index in [1.54, 1.807) is 19.1 Å². The summed E-state index contributed by atoms with van der Waals surface area (Å²) in [7, 11) is 0. The predicted molar refractivity (Wildman–Crippen MR) is 42.3 cm³/mol. The van der Waals surface area contributed by atoms with Crippen molar-refractivity contribution in [2.24, 2.45) is 0 Å². The van der Waals surface area contributed by atoms with Gasteiger partial charge in [-0.2, -0.15) is 0 Å². The van der Waals surface area contributed by atoms with Crippen LogP contribution in [-0.2, 0) is 4.79 Å². The van der Waals surface area contributed by atoms with E-state index in [-0.39, 0.29) is 12.5 Å². The summed E-state index contributed by atoms with van der Waals surface area (Å²) in [5.74, 6) is -0.821. The number of allylic oxidation sites excluding steroid dienone is 1. The fourth-order valence-electron chi connectivity index (χ4n) is 0.639. The van der Waals surface area contributed by atoms with Crippen LogP contribution in [0.5, 0.6) is 0 Å². The van der Waals surface area contributed by atoms with Crippen LogP contribution in [0, 0.1) is 0 Å². The van der Waals surface area contributed by atoms with Crippen LogP contribution in [0.25, 0.3) is 0 Å². The molecule has 3 nitrogen and oxygen atoms in total. The largest absolute Gasteiger partial charge is 0.481 e. The fraction of sp³-hybridized carbons (Fsp3) is 0.625. The zero-order valence-corrected chi connectivity index (χ0v) is 6.66. The Morgan fingerprint density at radius 2 is 2.18 bits per heavy atom. The number of hydrogen-bond donors (Lipinski definition) is 2. The van der Waals surface area contributed by atoms with E-state index in [2.05, 4.69) is 0 Å². The third kappa shape index (κ3) is 9.17. The van der Waals surface area contributed by atoms with E-state index in [1.165, 1.54) is 0 Å². The summed E-state index contributed by atoms with van der Waals surface area (Å²) in [6, 6.07) is 0. The maximum atomic E-state index is 10.00. The maximum absolute atomic E-state index is 10.00. The molecule has 0 fully saturated rings. The molecule has 0 spiro atoms. The second kappa shape index (κ2) is 5.92. The van der Waals surface area contributed by atoms with Gasteiger partial charge < -0.3 is 10.2 Å². The molecule has 0 aliphatic rings.